The second-order valence-electron chi connectivity index (χ2n) is 7.88. The number of nitrogens with one attached hydrogen (secondary N) is 1. The quantitative estimate of drug-likeness (QED) is 0.526. The lowest BCUT2D eigenvalue weighted by atomic mass is 9.74. The third-order valence-electron chi connectivity index (χ3n) is 5.40. The van der Waals surface area contributed by atoms with Gasteiger partial charge in [-0.1, -0.05) is 41.4 Å². The first kappa shape index (κ1) is 24.5. The van der Waals surface area contributed by atoms with Gasteiger partial charge in [-0.25, -0.2) is 21.6 Å². The highest BCUT2D eigenvalue weighted by Gasteiger charge is 2.41. The van der Waals surface area contributed by atoms with Gasteiger partial charge in [-0.2, -0.15) is 0 Å². The molecule has 1 saturated carbocycles. The maximum atomic E-state index is 13.1. The molecule has 10 heteroatoms. The van der Waals surface area contributed by atoms with Gasteiger partial charge in [-0.3, -0.25) is 0 Å². The number of rotatable bonds is 10. The molecule has 0 unspecified atom stereocenters. The molecule has 170 valence electrons. The molecule has 1 aliphatic carbocycles. The van der Waals surface area contributed by atoms with Crippen LogP contribution in [0.15, 0.2) is 47.4 Å². The lowest BCUT2D eigenvalue weighted by Crippen LogP contribution is -2.54. The van der Waals surface area contributed by atoms with Gasteiger partial charge < -0.3 is 4.74 Å². The zero-order valence-corrected chi connectivity index (χ0v) is 20.2. The van der Waals surface area contributed by atoms with Crippen molar-refractivity contribution in [2.45, 2.75) is 41.9 Å². The molecule has 0 spiro atoms. The predicted octanol–water partition coefficient (Wildman–Crippen LogP) is 4.00. The maximum Gasteiger partial charge on any atom is 0.241 e. The molecule has 0 radical (unpaired) electrons. The van der Waals surface area contributed by atoms with E-state index in [1.54, 1.807) is 24.3 Å². The van der Waals surface area contributed by atoms with Gasteiger partial charge in [-0.15, -0.1) is 0 Å². The van der Waals surface area contributed by atoms with E-state index < -0.39 is 25.4 Å². The number of sulfonamides is 1. The van der Waals surface area contributed by atoms with Crippen molar-refractivity contribution in [1.82, 2.24) is 4.72 Å². The molecule has 0 aliphatic heterocycles. The van der Waals surface area contributed by atoms with E-state index in [1.807, 2.05) is 6.07 Å². The third-order valence-corrected chi connectivity index (χ3v) is 9.12. The summed E-state index contributed by atoms with van der Waals surface area (Å²) in [5.74, 6) is -0.366. The zero-order chi connectivity index (χ0) is 22.7. The van der Waals surface area contributed by atoms with Crippen molar-refractivity contribution in [1.29, 1.82) is 0 Å². The van der Waals surface area contributed by atoms with E-state index in [2.05, 4.69) is 4.72 Å². The van der Waals surface area contributed by atoms with Crippen molar-refractivity contribution in [2.75, 3.05) is 19.5 Å². The largest absolute Gasteiger partial charge is 0.384 e. The van der Waals surface area contributed by atoms with E-state index in [4.69, 9.17) is 27.9 Å². The van der Waals surface area contributed by atoms with Crippen LogP contribution in [0.25, 0.3) is 0 Å². The normalized spacial score (nSPS) is 16.1. The van der Waals surface area contributed by atoms with Crippen LogP contribution in [0.5, 0.6) is 0 Å². The number of sulfone groups is 1. The molecule has 0 saturated heterocycles. The molecule has 31 heavy (non-hydrogen) atoms. The SMILES string of the molecule is COCCS(=O)(=O)Cc1cccc(S(=O)(=O)NC2(Cc3ccc(Cl)cc3Cl)CCC2)c1. The number of hydrogen-bond acceptors (Lipinski definition) is 5. The van der Waals surface area contributed by atoms with Crippen LogP contribution in [0, 0.1) is 0 Å². The smallest absolute Gasteiger partial charge is 0.241 e. The Hall–Kier alpha value is -1.16. The average Bonchev–Trinajstić information content (AvgIpc) is 2.66. The molecule has 6 nitrogen and oxygen atoms in total. The molecule has 0 aromatic heterocycles. The van der Waals surface area contributed by atoms with E-state index in [1.165, 1.54) is 19.2 Å². The van der Waals surface area contributed by atoms with E-state index in [-0.39, 0.29) is 23.0 Å². The van der Waals surface area contributed by atoms with Crippen LogP contribution < -0.4 is 4.72 Å². The summed E-state index contributed by atoms with van der Waals surface area (Å²) in [5, 5.41) is 1.02. The van der Waals surface area contributed by atoms with Crippen LogP contribution in [0.2, 0.25) is 10.0 Å². The topological polar surface area (TPSA) is 89.5 Å². The number of benzene rings is 2. The van der Waals surface area contributed by atoms with Gasteiger partial charge in [0.25, 0.3) is 0 Å². The molecule has 0 heterocycles. The Balaban J connectivity index is 1.79. The van der Waals surface area contributed by atoms with Crippen molar-refractivity contribution in [3.8, 4) is 0 Å². The lowest BCUT2D eigenvalue weighted by Gasteiger charge is -2.42. The van der Waals surface area contributed by atoms with Gasteiger partial charge in [-0.05, 0) is 61.1 Å². The Labute approximate surface area is 193 Å². The molecule has 2 aromatic carbocycles. The highest BCUT2D eigenvalue weighted by Crippen LogP contribution is 2.38. The van der Waals surface area contributed by atoms with Crippen molar-refractivity contribution < 1.29 is 21.6 Å². The first-order chi connectivity index (χ1) is 14.5. The van der Waals surface area contributed by atoms with Crippen LogP contribution in [0.1, 0.15) is 30.4 Å². The van der Waals surface area contributed by atoms with E-state index in [0.717, 1.165) is 12.0 Å². The van der Waals surface area contributed by atoms with Crippen LogP contribution in [0.4, 0.5) is 0 Å². The molecule has 0 bridgehead atoms. The summed E-state index contributed by atoms with van der Waals surface area (Å²) in [4.78, 5) is 0.0421. The molecule has 0 amide bonds. The van der Waals surface area contributed by atoms with Gasteiger partial charge in [0.05, 0.1) is 23.0 Å². The van der Waals surface area contributed by atoms with Crippen LogP contribution in [0.3, 0.4) is 0 Å². The van der Waals surface area contributed by atoms with E-state index in [0.29, 0.717) is 34.9 Å². The minimum atomic E-state index is -3.85. The van der Waals surface area contributed by atoms with E-state index in [9.17, 15) is 16.8 Å². The summed E-state index contributed by atoms with van der Waals surface area (Å²) in [6.07, 6.45) is 2.74. The number of methoxy groups -OCH3 is 1. The fraction of sp³-hybridized carbons (Fsp3) is 0.429. The van der Waals surface area contributed by atoms with E-state index >= 15 is 0 Å². The summed E-state index contributed by atoms with van der Waals surface area (Å²) in [7, 11) is -5.82. The summed E-state index contributed by atoms with van der Waals surface area (Å²) in [5.41, 5.74) is 0.616. The monoisotopic (exact) mass is 505 g/mol. The number of halogens is 2. The second kappa shape index (κ2) is 9.77. The molecule has 1 N–H and O–H groups in total. The van der Waals surface area contributed by atoms with Gasteiger partial charge in [0, 0.05) is 22.7 Å². The second-order valence-corrected chi connectivity index (χ2v) is 12.6. The van der Waals surface area contributed by atoms with Crippen molar-refractivity contribution >= 4 is 43.1 Å². The minimum Gasteiger partial charge on any atom is -0.384 e. The summed E-state index contributed by atoms with van der Waals surface area (Å²) in [6.45, 7) is 0.0949. The average molecular weight is 506 g/mol. The Bertz CT molecular complexity index is 1150. The lowest BCUT2D eigenvalue weighted by molar-refractivity contribution is 0.217. The third kappa shape index (κ3) is 6.43. The van der Waals surface area contributed by atoms with Gasteiger partial charge in [0.15, 0.2) is 9.84 Å². The fourth-order valence-electron chi connectivity index (χ4n) is 3.63. The number of ether oxygens (including phenoxy) is 1. The van der Waals surface area contributed by atoms with Gasteiger partial charge >= 0.3 is 0 Å². The molecular formula is C21H25Cl2NO5S2. The predicted molar refractivity (Wildman–Crippen MR) is 123 cm³/mol. The van der Waals surface area contributed by atoms with Gasteiger partial charge in [0.1, 0.15) is 0 Å². The van der Waals surface area contributed by atoms with Crippen molar-refractivity contribution in [3.63, 3.8) is 0 Å². The molecule has 1 aliphatic rings. The number of hydrogen-bond donors (Lipinski definition) is 1. The Morgan fingerprint density at radius 2 is 1.81 bits per heavy atom. The Morgan fingerprint density at radius 1 is 1.06 bits per heavy atom. The first-order valence-electron chi connectivity index (χ1n) is 9.80. The Kier molecular flexibility index (Phi) is 7.71. The first-order valence-corrected chi connectivity index (χ1v) is 13.9. The summed E-state index contributed by atoms with van der Waals surface area (Å²) in [6, 6.07) is 11.2. The molecule has 1 fully saturated rings. The standard InChI is InChI=1S/C21H25Cl2NO5S2/c1-29-10-11-30(25,26)15-16-4-2-5-19(12-16)31(27,28)24-21(8-3-9-21)14-17-6-7-18(22)13-20(17)23/h2,4-7,12-13,24H,3,8-11,14-15H2,1H3. The summed E-state index contributed by atoms with van der Waals surface area (Å²) >= 11 is 12.3. The fourth-order valence-corrected chi connectivity index (χ4v) is 6.89. The van der Waals surface area contributed by atoms with Gasteiger partial charge in [0.2, 0.25) is 10.0 Å². The van der Waals surface area contributed by atoms with Crippen LogP contribution in [-0.2, 0) is 36.8 Å². The van der Waals surface area contributed by atoms with Crippen molar-refractivity contribution in [3.05, 3.63) is 63.6 Å². The Morgan fingerprint density at radius 3 is 2.42 bits per heavy atom. The molecular weight excluding hydrogens is 481 g/mol. The maximum absolute atomic E-state index is 13.1. The molecule has 0 atom stereocenters. The highest BCUT2D eigenvalue weighted by atomic mass is 35.5. The molecule has 3 rings (SSSR count). The highest BCUT2D eigenvalue weighted by molar-refractivity contribution is 7.90. The minimum absolute atomic E-state index is 0.0421. The van der Waals surface area contributed by atoms with Crippen molar-refractivity contribution in [2.24, 2.45) is 0 Å². The molecule has 2 aromatic rings. The summed E-state index contributed by atoms with van der Waals surface area (Å²) < 4.78 is 58.3. The zero-order valence-electron chi connectivity index (χ0n) is 17.1. The van der Waals surface area contributed by atoms with Crippen LogP contribution >= 0.6 is 23.2 Å². The van der Waals surface area contributed by atoms with Crippen LogP contribution in [-0.4, -0.2) is 41.8 Å².